The summed E-state index contributed by atoms with van der Waals surface area (Å²) in [6.07, 6.45) is 1.18. The summed E-state index contributed by atoms with van der Waals surface area (Å²) in [7, 11) is 1.76. The Bertz CT molecular complexity index is 564. The lowest BCUT2D eigenvalue weighted by atomic mass is 9.91. The first-order valence-corrected chi connectivity index (χ1v) is 6.58. The Labute approximate surface area is 108 Å². The molecule has 0 saturated carbocycles. The minimum Gasteiger partial charge on any atom is -0.496 e. The molecule has 1 N–H and O–H groups in total. The predicted molar refractivity (Wildman–Crippen MR) is 75.3 cm³/mol. The summed E-state index contributed by atoms with van der Waals surface area (Å²) in [5.41, 5.74) is 1.37. The number of methoxy groups -OCH3 is 1. The van der Waals surface area contributed by atoms with Gasteiger partial charge in [0.1, 0.15) is 5.75 Å². The molecule has 0 bridgehead atoms. The zero-order valence-corrected chi connectivity index (χ0v) is 10.9. The third kappa shape index (κ3) is 1.87. The Hall–Kier alpha value is -1.54. The van der Waals surface area contributed by atoms with Crippen LogP contribution in [0.2, 0.25) is 0 Å². The number of fused-ring (bicyclic) bond motifs is 1. The monoisotopic (exact) mass is 241 g/mol. The van der Waals surface area contributed by atoms with Gasteiger partial charge < -0.3 is 10.1 Å². The molecule has 0 aromatic heterocycles. The van der Waals surface area contributed by atoms with Gasteiger partial charge in [0.05, 0.1) is 7.11 Å². The first-order chi connectivity index (χ1) is 8.79. The maximum atomic E-state index is 5.57. The number of ether oxygens (including phenoxy) is 1. The van der Waals surface area contributed by atoms with Gasteiger partial charge in [0.25, 0.3) is 0 Å². The van der Waals surface area contributed by atoms with E-state index in [9.17, 15) is 0 Å². The van der Waals surface area contributed by atoms with Crippen LogP contribution in [0.3, 0.4) is 0 Å². The van der Waals surface area contributed by atoms with E-state index in [4.69, 9.17) is 4.74 Å². The van der Waals surface area contributed by atoms with Crippen molar-refractivity contribution in [2.24, 2.45) is 0 Å². The van der Waals surface area contributed by atoms with Gasteiger partial charge in [-0.2, -0.15) is 0 Å². The smallest absolute Gasteiger partial charge is 0.123 e. The van der Waals surface area contributed by atoms with Gasteiger partial charge in [0.15, 0.2) is 0 Å². The van der Waals surface area contributed by atoms with Crippen molar-refractivity contribution in [1.29, 1.82) is 0 Å². The quantitative estimate of drug-likeness (QED) is 0.871. The molecule has 2 heteroatoms. The fourth-order valence-electron chi connectivity index (χ4n) is 3.03. The van der Waals surface area contributed by atoms with Gasteiger partial charge in [-0.05, 0) is 30.2 Å². The van der Waals surface area contributed by atoms with E-state index < -0.39 is 0 Å². The normalized spacial score (nSPS) is 23.4. The number of benzene rings is 2. The summed E-state index contributed by atoms with van der Waals surface area (Å²) in [5, 5.41) is 6.16. The lowest BCUT2D eigenvalue weighted by Crippen LogP contribution is -2.16. The standard InChI is InChI=1S/C16H19NO/c1-11-9-13(10-17-11)16-14-6-4-3-5-12(14)7-8-15(16)18-2/h3-8,11,13,17H,9-10H2,1-2H3. The molecule has 0 amide bonds. The van der Waals surface area contributed by atoms with Crippen LogP contribution in [0.1, 0.15) is 24.8 Å². The number of hydrogen-bond donors (Lipinski definition) is 1. The molecule has 0 aliphatic carbocycles. The number of rotatable bonds is 2. The molecule has 1 saturated heterocycles. The van der Waals surface area contributed by atoms with Crippen LogP contribution in [0, 0.1) is 0 Å². The van der Waals surface area contributed by atoms with Crippen molar-refractivity contribution in [1.82, 2.24) is 5.32 Å². The molecule has 2 unspecified atom stereocenters. The first-order valence-electron chi connectivity index (χ1n) is 6.58. The van der Waals surface area contributed by atoms with E-state index in [0.717, 1.165) is 12.3 Å². The molecule has 2 aromatic rings. The van der Waals surface area contributed by atoms with Crippen molar-refractivity contribution in [2.45, 2.75) is 25.3 Å². The molecule has 18 heavy (non-hydrogen) atoms. The van der Waals surface area contributed by atoms with E-state index in [2.05, 4.69) is 48.6 Å². The molecule has 2 aromatic carbocycles. The minimum atomic E-state index is 0.557. The largest absolute Gasteiger partial charge is 0.496 e. The SMILES string of the molecule is COc1ccc2ccccc2c1C1CNC(C)C1. The van der Waals surface area contributed by atoms with Crippen LogP contribution in [0.4, 0.5) is 0 Å². The maximum absolute atomic E-state index is 5.57. The molecule has 1 aliphatic rings. The van der Waals surface area contributed by atoms with Crippen molar-refractivity contribution in [3.8, 4) is 5.75 Å². The van der Waals surface area contributed by atoms with E-state index in [0.29, 0.717) is 12.0 Å². The van der Waals surface area contributed by atoms with Crippen molar-refractivity contribution in [3.05, 3.63) is 42.0 Å². The molecule has 1 aliphatic heterocycles. The van der Waals surface area contributed by atoms with E-state index in [-0.39, 0.29) is 0 Å². The molecule has 2 atom stereocenters. The van der Waals surface area contributed by atoms with E-state index in [1.54, 1.807) is 7.11 Å². The molecule has 94 valence electrons. The Morgan fingerprint density at radius 3 is 2.72 bits per heavy atom. The van der Waals surface area contributed by atoms with Gasteiger partial charge in [0.2, 0.25) is 0 Å². The summed E-state index contributed by atoms with van der Waals surface area (Å²) >= 11 is 0. The van der Waals surface area contributed by atoms with Crippen molar-refractivity contribution >= 4 is 10.8 Å². The number of nitrogens with one attached hydrogen (secondary N) is 1. The Kier molecular flexibility index (Phi) is 2.96. The van der Waals surface area contributed by atoms with Gasteiger partial charge in [0, 0.05) is 24.1 Å². The van der Waals surface area contributed by atoms with Crippen LogP contribution in [-0.4, -0.2) is 19.7 Å². The van der Waals surface area contributed by atoms with E-state index in [1.807, 2.05) is 0 Å². The lowest BCUT2D eigenvalue weighted by molar-refractivity contribution is 0.407. The number of hydrogen-bond acceptors (Lipinski definition) is 2. The highest BCUT2D eigenvalue weighted by Crippen LogP contribution is 2.37. The van der Waals surface area contributed by atoms with Crippen molar-refractivity contribution in [2.75, 3.05) is 13.7 Å². The highest BCUT2D eigenvalue weighted by molar-refractivity contribution is 5.88. The van der Waals surface area contributed by atoms with Crippen molar-refractivity contribution < 1.29 is 4.74 Å². The van der Waals surface area contributed by atoms with E-state index >= 15 is 0 Å². The zero-order chi connectivity index (χ0) is 12.5. The fraction of sp³-hybridized carbons (Fsp3) is 0.375. The minimum absolute atomic E-state index is 0.557. The average molecular weight is 241 g/mol. The fourth-order valence-corrected chi connectivity index (χ4v) is 3.03. The summed E-state index contributed by atoms with van der Waals surface area (Å²) < 4.78 is 5.57. The summed E-state index contributed by atoms with van der Waals surface area (Å²) in [5.74, 6) is 1.58. The Morgan fingerprint density at radius 1 is 1.17 bits per heavy atom. The topological polar surface area (TPSA) is 21.3 Å². The van der Waals surface area contributed by atoms with Gasteiger partial charge >= 0.3 is 0 Å². The second-order valence-corrected chi connectivity index (χ2v) is 5.14. The molecular weight excluding hydrogens is 222 g/mol. The highest BCUT2D eigenvalue weighted by Gasteiger charge is 2.26. The maximum Gasteiger partial charge on any atom is 0.123 e. The second kappa shape index (κ2) is 4.62. The molecule has 0 spiro atoms. The third-order valence-electron chi connectivity index (χ3n) is 3.91. The molecular formula is C16H19NO. The molecule has 1 heterocycles. The average Bonchev–Trinajstić information content (AvgIpc) is 2.83. The predicted octanol–water partition coefficient (Wildman–Crippen LogP) is 3.31. The van der Waals surface area contributed by atoms with E-state index in [1.165, 1.54) is 22.8 Å². The van der Waals surface area contributed by atoms with Crippen molar-refractivity contribution in [3.63, 3.8) is 0 Å². The summed E-state index contributed by atoms with van der Waals surface area (Å²) in [6, 6.07) is 13.4. The van der Waals surface area contributed by atoms with Crippen LogP contribution < -0.4 is 10.1 Å². The Morgan fingerprint density at radius 2 is 2.00 bits per heavy atom. The van der Waals surface area contributed by atoms with Gasteiger partial charge in [-0.1, -0.05) is 30.3 Å². The summed E-state index contributed by atoms with van der Waals surface area (Å²) in [4.78, 5) is 0. The zero-order valence-electron chi connectivity index (χ0n) is 10.9. The van der Waals surface area contributed by atoms with Gasteiger partial charge in [-0.3, -0.25) is 0 Å². The highest BCUT2D eigenvalue weighted by atomic mass is 16.5. The van der Waals surface area contributed by atoms with Crippen LogP contribution in [-0.2, 0) is 0 Å². The van der Waals surface area contributed by atoms with Crippen LogP contribution in [0.5, 0.6) is 5.75 Å². The molecule has 3 rings (SSSR count). The summed E-state index contributed by atoms with van der Waals surface area (Å²) in [6.45, 7) is 3.29. The Balaban J connectivity index is 2.17. The lowest BCUT2D eigenvalue weighted by Gasteiger charge is -2.17. The third-order valence-corrected chi connectivity index (χ3v) is 3.91. The second-order valence-electron chi connectivity index (χ2n) is 5.14. The molecule has 0 radical (unpaired) electrons. The first kappa shape index (κ1) is 11.5. The van der Waals surface area contributed by atoms with Crippen LogP contribution >= 0.6 is 0 Å². The van der Waals surface area contributed by atoms with Crippen LogP contribution in [0.15, 0.2) is 36.4 Å². The molecule has 1 fully saturated rings. The van der Waals surface area contributed by atoms with Gasteiger partial charge in [-0.25, -0.2) is 0 Å². The molecule has 2 nitrogen and oxygen atoms in total. The van der Waals surface area contributed by atoms with Gasteiger partial charge in [-0.15, -0.1) is 0 Å². The van der Waals surface area contributed by atoms with Crippen LogP contribution in [0.25, 0.3) is 10.8 Å².